The van der Waals surface area contributed by atoms with Gasteiger partial charge in [-0.15, -0.1) is 0 Å². The molecule has 1 aliphatic heterocycles. The Morgan fingerprint density at radius 2 is 2.10 bits per heavy atom. The quantitative estimate of drug-likeness (QED) is 0.256. The average molecular weight is 437 g/mol. The highest BCUT2D eigenvalue weighted by Crippen LogP contribution is 2.32. The molecule has 0 spiro atoms. The maximum absolute atomic E-state index is 12.4. The van der Waals surface area contributed by atoms with E-state index in [1.807, 2.05) is 0 Å². The van der Waals surface area contributed by atoms with Gasteiger partial charge in [0, 0.05) is 27.1 Å². The lowest BCUT2D eigenvalue weighted by Crippen LogP contribution is -2.33. The molecule has 4 atom stereocenters. The third-order valence-electron chi connectivity index (χ3n) is 4.59. The number of nitrogen functional groups attached to an aromatic ring is 1. The second-order valence-corrected chi connectivity index (χ2v) is 6.98. The Morgan fingerprint density at radius 3 is 2.73 bits per heavy atom. The van der Waals surface area contributed by atoms with Gasteiger partial charge in [0.15, 0.2) is 11.9 Å². The van der Waals surface area contributed by atoms with E-state index in [1.165, 1.54) is 35.2 Å². The lowest BCUT2D eigenvalue weighted by atomic mass is 10.1. The molecule has 4 unspecified atom stereocenters. The summed E-state index contributed by atoms with van der Waals surface area (Å²) in [4.78, 5) is 26.6. The van der Waals surface area contributed by atoms with Crippen LogP contribution in [-0.4, -0.2) is 61.8 Å². The molecular weight excluding hydrogens is 417 g/mol. The van der Waals surface area contributed by atoms with E-state index in [4.69, 9.17) is 15.0 Å². The van der Waals surface area contributed by atoms with Crippen molar-refractivity contribution in [1.29, 1.82) is 0 Å². The van der Waals surface area contributed by atoms with E-state index >= 15 is 0 Å². The van der Waals surface area contributed by atoms with E-state index in [-0.39, 0.29) is 30.4 Å². The van der Waals surface area contributed by atoms with E-state index in [2.05, 4.69) is 16.6 Å². The van der Waals surface area contributed by atoms with Crippen molar-refractivity contribution in [2.45, 2.75) is 31.1 Å². The number of nitro groups is 1. The molecule has 0 aliphatic carbocycles. The molecule has 0 saturated carbocycles. The first-order valence-electron chi connectivity index (χ1n) is 8.77. The maximum atomic E-state index is 12.4. The summed E-state index contributed by atoms with van der Waals surface area (Å²) < 4.78 is 12.0. The van der Waals surface area contributed by atoms with Crippen LogP contribution in [0.1, 0.15) is 22.3 Å². The molecule has 13 heteroatoms. The van der Waals surface area contributed by atoms with Crippen LogP contribution in [0, 0.1) is 10.1 Å². The molecule has 30 heavy (non-hydrogen) atoms. The highest BCUT2D eigenvalue weighted by Gasteiger charge is 2.44. The summed E-state index contributed by atoms with van der Waals surface area (Å²) in [5.74, 6) is -0.627. The number of aliphatic hydroxyl groups excluding tert-OH is 2. The normalized spacial score (nSPS) is 23.5. The molecule has 0 radical (unpaired) electrons. The molecular formula is C17H20N5O7P. The topological polar surface area (TPSA) is 175 Å². The van der Waals surface area contributed by atoms with Crippen LogP contribution < -0.4 is 11.1 Å². The number of aliphatic hydroxyl groups is 2. The molecule has 2 heterocycles. The molecule has 1 saturated heterocycles. The molecule has 2 aromatic rings. The Labute approximate surface area is 172 Å². The summed E-state index contributed by atoms with van der Waals surface area (Å²) in [5, 5.41) is 33.7. The van der Waals surface area contributed by atoms with Gasteiger partial charge in [-0.05, 0) is 11.9 Å². The van der Waals surface area contributed by atoms with Gasteiger partial charge in [-0.3, -0.25) is 19.5 Å². The van der Waals surface area contributed by atoms with Crippen molar-refractivity contribution >= 4 is 32.1 Å². The number of amides is 1. The molecule has 1 amide bonds. The number of anilines is 1. The Bertz CT molecular complexity index is 935. The number of nitrogens with one attached hydrogen (secondary N) is 1. The van der Waals surface area contributed by atoms with Crippen LogP contribution in [0.4, 0.5) is 11.5 Å². The standard InChI is InChI=1S/C17H20N5O7P/c1-30-28-7-11-13(23)14(24)17(29-11)21-8-20-12(15(21)18)16(25)19-6-9-2-4-10(5-3-9)22(26)27/h2-5,8,11,13-14,17,23-24H,1,6-7,18H2,(H,19,25). The van der Waals surface area contributed by atoms with Gasteiger partial charge in [0.1, 0.15) is 24.1 Å². The summed E-state index contributed by atoms with van der Waals surface area (Å²) in [6, 6.07) is 5.72. The van der Waals surface area contributed by atoms with Gasteiger partial charge in [0.05, 0.1) is 17.9 Å². The van der Waals surface area contributed by atoms with E-state index in [1.54, 1.807) is 0 Å². The molecule has 160 valence electrons. The second kappa shape index (κ2) is 9.28. The van der Waals surface area contributed by atoms with Crippen molar-refractivity contribution in [3.8, 4) is 0 Å². The Balaban J connectivity index is 1.66. The number of non-ortho nitro benzene ring substituents is 1. The molecule has 1 aliphatic rings. The van der Waals surface area contributed by atoms with Crippen LogP contribution in [0.15, 0.2) is 30.6 Å². The molecule has 12 nitrogen and oxygen atoms in total. The third-order valence-corrected chi connectivity index (χ3v) is 4.92. The minimum Gasteiger partial charge on any atom is -0.387 e. The third kappa shape index (κ3) is 4.48. The van der Waals surface area contributed by atoms with Crippen molar-refractivity contribution < 1.29 is 29.2 Å². The number of hydrogen-bond acceptors (Lipinski definition) is 9. The van der Waals surface area contributed by atoms with Gasteiger partial charge in [0.2, 0.25) is 0 Å². The number of nitro benzene ring substituents is 1. The van der Waals surface area contributed by atoms with Crippen LogP contribution in [0.5, 0.6) is 0 Å². The lowest BCUT2D eigenvalue weighted by Gasteiger charge is -2.17. The van der Waals surface area contributed by atoms with Gasteiger partial charge in [-0.2, -0.15) is 0 Å². The predicted molar refractivity (Wildman–Crippen MR) is 107 cm³/mol. The number of aromatic nitrogens is 2. The smallest absolute Gasteiger partial charge is 0.273 e. The summed E-state index contributed by atoms with van der Waals surface area (Å²) in [7, 11) is 0.404. The first-order valence-corrected chi connectivity index (χ1v) is 9.76. The molecule has 1 aromatic carbocycles. The molecule has 1 aromatic heterocycles. The van der Waals surface area contributed by atoms with Crippen molar-refractivity contribution in [2.24, 2.45) is 0 Å². The van der Waals surface area contributed by atoms with E-state index < -0.39 is 35.4 Å². The largest absolute Gasteiger partial charge is 0.387 e. The van der Waals surface area contributed by atoms with E-state index in [0.29, 0.717) is 14.0 Å². The Morgan fingerprint density at radius 1 is 1.40 bits per heavy atom. The number of benzene rings is 1. The predicted octanol–water partition coefficient (Wildman–Crippen LogP) is 0.232. The van der Waals surface area contributed by atoms with Crippen LogP contribution in [-0.2, 0) is 15.8 Å². The molecule has 3 rings (SSSR count). The molecule has 5 N–H and O–H groups in total. The second-order valence-electron chi connectivity index (χ2n) is 6.46. The van der Waals surface area contributed by atoms with Gasteiger partial charge in [-0.1, -0.05) is 12.1 Å². The number of nitrogens with zero attached hydrogens (tertiary/aromatic N) is 3. The number of nitrogens with two attached hydrogens (primary N) is 1. The minimum absolute atomic E-state index is 0.0248. The van der Waals surface area contributed by atoms with Gasteiger partial charge < -0.3 is 30.5 Å². The summed E-state index contributed by atoms with van der Waals surface area (Å²) in [6.45, 7) is 0.130. The number of ether oxygens (including phenoxy) is 1. The number of hydrogen-bond donors (Lipinski definition) is 4. The van der Waals surface area contributed by atoms with Crippen LogP contribution in [0.2, 0.25) is 0 Å². The number of carbonyl (C=O) groups is 1. The van der Waals surface area contributed by atoms with E-state index in [0.717, 1.165) is 0 Å². The molecule has 1 fully saturated rings. The fraction of sp³-hybridized carbons (Fsp3) is 0.353. The number of imidazole rings is 1. The van der Waals surface area contributed by atoms with Crippen molar-refractivity contribution in [3.05, 3.63) is 52.0 Å². The SMILES string of the molecule is C=POCC1OC(n2cnc(C(=O)NCc3ccc([N+](=O)[O-])cc3)c2N)C(O)C1O. The summed E-state index contributed by atoms with van der Waals surface area (Å²) in [5.41, 5.74) is 6.52. The fourth-order valence-electron chi connectivity index (χ4n) is 2.97. The van der Waals surface area contributed by atoms with Crippen LogP contribution in [0.25, 0.3) is 0 Å². The Hall–Kier alpha value is -2.89. The van der Waals surface area contributed by atoms with Crippen molar-refractivity contribution in [3.63, 3.8) is 0 Å². The van der Waals surface area contributed by atoms with E-state index in [9.17, 15) is 25.1 Å². The zero-order valence-electron chi connectivity index (χ0n) is 15.6. The highest BCUT2D eigenvalue weighted by molar-refractivity contribution is 7.30. The van der Waals surface area contributed by atoms with Crippen LogP contribution >= 0.6 is 8.43 Å². The fourth-order valence-corrected chi connectivity index (χ4v) is 3.23. The number of rotatable bonds is 8. The first-order chi connectivity index (χ1) is 14.3. The number of carbonyl (C=O) groups excluding carboxylic acids is 1. The first kappa shape index (κ1) is 21.8. The summed E-state index contributed by atoms with van der Waals surface area (Å²) >= 11 is 0. The van der Waals surface area contributed by atoms with Crippen LogP contribution in [0.3, 0.4) is 0 Å². The summed E-state index contributed by atoms with van der Waals surface area (Å²) in [6.07, 6.45) is 0.390. The van der Waals surface area contributed by atoms with Gasteiger partial charge >= 0.3 is 0 Å². The average Bonchev–Trinajstić information content (AvgIpc) is 3.25. The van der Waals surface area contributed by atoms with Gasteiger partial charge in [-0.25, -0.2) is 4.98 Å². The maximum Gasteiger partial charge on any atom is 0.273 e. The monoisotopic (exact) mass is 437 g/mol. The minimum atomic E-state index is -1.30. The lowest BCUT2D eigenvalue weighted by molar-refractivity contribution is -0.384. The Kier molecular flexibility index (Phi) is 6.75. The zero-order chi connectivity index (χ0) is 21.8. The van der Waals surface area contributed by atoms with Crippen molar-refractivity contribution in [1.82, 2.24) is 14.9 Å². The van der Waals surface area contributed by atoms with Crippen molar-refractivity contribution in [2.75, 3.05) is 12.3 Å². The zero-order valence-corrected chi connectivity index (χ0v) is 16.5. The highest BCUT2D eigenvalue weighted by atomic mass is 31.1. The molecule has 0 bridgehead atoms. The van der Waals surface area contributed by atoms with Gasteiger partial charge in [0.25, 0.3) is 11.6 Å².